The third kappa shape index (κ3) is 2.72. The van der Waals surface area contributed by atoms with Crippen LogP contribution >= 0.6 is 38.9 Å². The fourth-order valence-corrected chi connectivity index (χ4v) is 3.32. The lowest BCUT2D eigenvalue weighted by Crippen LogP contribution is -1.93. The SMILES string of the molecule is COc1ccc2nc(Nc3ncc(Cl)cc3Br)sc2c1. The first kappa shape index (κ1) is 13.6. The molecule has 102 valence electrons. The van der Waals surface area contributed by atoms with Gasteiger partial charge in [0.15, 0.2) is 5.13 Å². The number of thiazole rings is 1. The summed E-state index contributed by atoms with van der Waals surface area (Å²) in [4.78, 5) is 8.73. The molecule has 0 saturated carbocycles. The lowest BCUT2D eigenvalue weighted by Gasteiger charge is -2.03. The van der Waals surface area contributed by atoms with Crippen molar-refractivity contribution in [2.24, 2.45) is 0 Å². The Balaban J connectivity index is 1.94. The van der Waals surface area contributed by atoms with Gasteiger partial charge in [0.25, 0.3) is 0 Å². The minimum Gasteiger partial charge on any atom is -0.497 e. The molecular weight excluding hydrogens is 362 g/mol. The van der Waals surface area contributed by atoms with E-state index in [2.05, 4.69) is 31.2 Å². The molecule has 20 heavy (non-hydrogen) atoms. The third-order valence-electron chi connectivity index (χ3n) is 2.63. The molecule has 0 aliphatic carbocycles. The number of benzene rings is 1. The second-order valence-electron chi connectivity index (χ2n) is 3.96. The molecule has 1 aromatic carbocycles. The summed E-state index contributed by atoms with van der Waals surface area (Å²) in [7, 11) is 1.65. The van der Waals surface area contributed by atoms with Crippen LogP contribution in [-0.4, -0.2) is 17.1 Å². The molecule has 0 saturated heterocycles. The fraction of sp³-hybridized carbons (Fsp3) is 0.0769. The zero-order chi connectivity index (χ0) is 14.1. The van der Waals surface area contributed by atoms with Gasteiger partial charge in [0.1, 0.15) is 11.6 Å². The van der Waals surface area contributed by atoms with E-state index in [9.17, 15) is 0 Å². The molecule has 0 aliphatic heterocycles. The Kier molecular flexibility index (Phi) is 3.78. The summed E-state index contributed by atoms with van der Waals surface area (Å²) in [5.41, 5.74) is 0.920. The number of nitrogens with one attached hydrogen (secondary N) is 1. The molecule has 3 rings (SSSR count). The van der Waals surface area contributed by atoms with Crippen LogP contribution in [0.25, 0.3) is 10.2 Å². The average Bonchev–Trinajstić information content (AvgIpc) is 2.83. The molecule has 7 heteroatoms. The highest BCUT2D eigenvalue weighted by Gasteiger charge is 2.08. The maximum atomic E-state index is 5.87. The number of aromatic nitrogens is 2. The van der Waals surface area contributed by atoms with E-state index >= 15 is 0 Å². The smallest absolute Gasteiger partial charge is 0.189 e. The third-order valence-corrected chi connectivity index (χ3v) is 4.37. The number of anilines is 2. The Bertz CT molecular complexity index is 777. The Labute approximate surface area is 132 Å². The molecule has 2 heterocycles. The molecule has 0 radical (unpaired) electrons. The van der Waals surface area contributed by atoms with E-state index in [-0.39, 0.29) is 0 Å². The number of fused-ring (bicyclic) bond motifs is 1. The number of nitrogens with zero attached hydrogens (tertiary/aromatic N) is 2. The van der Waals surface area contributed by atoms with E-state index in [0.717, 1.165) is 25.6 Å². The first-order valence-corrected chi connectivity index (χ1v) is 7.67. The minimum absolute atomic E-state index is 0.580. The van der Waals surface area contributed by atoms with Crippen molar-refractivity contribution in [3.05, 3.63) is 40.0 Å². The number of halogens is 2. The molecule has 0 atom stereocenters. The monoisotopic (exact) mass is 369 g/mol. The lowest BCUT2D eigenvalue weighted by atomic mass is 10.3. The van der Waals surface area contributed by atoms with Crippen LogP contribution in [0.3, 0.4) is 0 Å². The summed E-state index contributed by atoms with van der Waals surface area (Å²) >= 11 is 10.8. The molecule has 0 fully saturated rings. The zero-order valence-electron chi connectivity index (χ0n) is 10.4. The Morgan fingerprint density at radius 1 is 1.35 bits per heavy atom. The highest BCUT2D eigenvalue weighted by molar-refractivity contribution is 9.10. The van der Waals surface area contributed by atoms with Crippen LogP contribution in [0.4, 0.5) is 10.9 Å². The van der Waals surface area contributed by atoms with E-state index in [4.69, 9.17) is 16.3 Å². The quantitative estimate of drug-likeness (QED) is 0.715. The summed E-state index contributed by atoms with van der Waals surface area (Å²) in [6.07, 6.45) is 1.59. The topological polar surface area (TPSA) is 47.0 Å². The molecule has 0 unspecified atom stereocenters. The van der Waals surface area contributed by atoms with Gasteiger partial charge in [-0.25, -0.2) is 9.97 Å². The van der Waals surface area contributed by atoms with Crippen molar-refractivity contribution in [1.29, 1.82) is 0 Å². The van der Waals surface area contributed by atoms with E-state index in [1.54, 1.807) is 19.4 Å². The van der Waals surface area contributed by atoms with Crippen LogP contribution in [-0.2, 0) is 0 Å². The number of pyridine rings is 1. The van der Waals surface area contributed by atoms with Crippen molar-refractivity contribution in [1.82, 2.24) is 9.97 Å². The summed E-state index contributed by atoms with van der Waals surface area (Å²) in [6, 6.07) is 7.57. The van der Waals surface area contributed by atoms with Crippen molar-refractivity contribution >= 4 is 60.0 Å². The van der Waals surface area contributed by atoms with Crippen molar-refractivity contribution in [2.45, 2.75) is 0 Å². The standard InChI is InChI=1S/C13H9BrClN3OS/c1-19-8-2-3-10-11(5-8)20-13(17-10)18-12-9(14)4-7(15)6-16-12/h2-6H,1H3,(H,16,17,18). The average molecular weight is 371 g/mol. The Morgan fingerprint density at radius 3 is 2.95 bits per heavy atom. The van der Waals surface area contributed by atoms with Gasteiger partial charge >= 0.3 is 0 Å². The van der Waals surface area contributed by atoms with Gasteiger partial charge in [-0.2, -0.15) is 0 Å². The van der Waals surface area contributed by atoms with Crippen LogP contribution < -0.4 is 10.1 Å². The summed E-state index contributed by atoms with van der Waals surface area (Å²) in [5.74, 6) is 1.50. The zero-order valence-corrected chi connectivity index (χ0v) is 13.5. The number of methoxy groups -OCH3 is 1. The molecule has 0 bridgehead atoms. The maximum absolute atomic E-state index is 5.87. The van der Waals surface area contributed by atoms with E-state index in [1.165, 1.54) is 11.3 Å². The fourth-order valence-electron chi connectivity index (χ4n) is 1.69. The predicted molar refractivity (Wildman–Crippen MR) is 86.4 cm³/mol. The van der Waals surface area contributed by atoms with E-state index < -0.39 is 0 Å². The van der Waals surface area contributed by atoms with Crippen LogP contribution in [0.5, 0.6) is 5.75 Å². The lowest BCUT2D eigenvalue weighted by molar-refractivity contribution is 0.415. The maximum Gasteiger partial charge on any atom is 0.189 e. The van der Waals surface area contributed by atoms with E-state index in [0.29, 0.717) is 10.8 Å². The van der Waals surface area contributed by atoms with Gasteiger partial charge in [-0.15, -0.1) is 0 Å². The number of hydrogen-bond acceptors (Lipinski definition) is 5. The van der Waals surface area contributed by atoms with Crippen molar-refractivity contribution in [2.75, 3.05) is 12.4 Å². The summed E-state index contributed by atoms with van der Waals surface area (Å²) < 4.78 is 7.05. The van der Waals surface area contributed by atoms with Crippen molar-refractivity contribution < 1.29 is 4.74 Å². The molecular formula is C13H9BrClN3OS. The minimum atomic E-state index is 0.580. The van der Waals surface area contributed by atoms with Crippen LogP contribution in [0.15, 0.2) is 34.9 Å². The predicted octanol–water partition coefficient (Wildman–Crippen LogP) is 4.86. The second-order valence-corrected chi connectivity index (χ2v) is 6.28. The molecule has 2 aromatic heterocycles. The van der Waals surface area contributed by atoms with Crippen LogP contribution in [0, 0.1) is 0 Å². The summed E-state index contributed by atoms with van der Waals surface area (Å²) in [6.45, 7) is 0. The Morgan fingerprint density at radius 2 is 2.20 bits per heavy atom. The highest BCUT2D eigenvalue weighted by Crippen LogP contribution is 2.32. The molecule has 0 amide bonds. The van der Waals surface area contributed by atoms with Gasteiger partial charge in [-0.3, -0.25) is 0 Å². The van der Waals surface area contributed by atoms with E-state index in [1.807, 2.05) is 18.2 Å². The van der Waals surface area contributed by atoms with Crippen LogP contribution in [0.2, 0.25) is 5.02 Å². The van der Waals surface area contributed by atoms with Crippen molar-refractivity contribution in [3.8, 4) is 5.75 Å². The molecule has 0 aliphatic rings. The first-order valence-electron chi connectivity index (χ1n) is 5.68. The largest absolute Gasteiger partial charge is 0.497 e. The summed E-state index contributed by atoms with van der Waals surface area (Å²) in [5, 5.41) is 4.52. The van der Waals surface area contributed by atoms with Gasteiger partial charge in [0, 0.05) is 6.20 Å². The second kappa shape index (κ2) is 5.55. The van der Waals surface area contributed by atoms with Gasteiger partial charge in [-0.05, 0) is 40.2 Å². The molecule has 4 nitrogen and oxygen atoms in total. The molecule has 0 spiro atoms. The van der Waals surface area contributed by atoms with Crippen LogP contribution in [0.1, 0.15) is 0 Å². The van der Waals surface area contributed by atoms with Gasteiger partial charge in [0.05, 0.1) is 26.8 Å². The van der Waals surface area contributed by atoms with Gasteiger partial charge < -0.3 is 10.1 Å². The Hall–Kier alpha value is -1.37. The number of rotatable bonds is 3. The van der Waals surface area contributed by atoms with Gasteiger partial charge in [-0.1, -0.05) is 22.9 Å². The number of ether oxygens (including phenoxy) is 1. The van der Waals surface area contributed by atoms with Crippen molar-refractivity contribution in [3.63, 3.8) is 0 Å². The molecule has 3 aromatic rings. The number of hydrogen-bond donors (Lipinski definition) is 1. The normalized spacial score (nSPS) is 10.8. The first-order chi connectivity index (χ1) is 9.65. The van der Waals surface area contributed by atoms with Gasteiger partial charge in [0.2, 0.25) is 0 Å². The molecule has 1 N–H and O–H groups in total. The highest BCUT2D eigenvalue weighted by atomic mass is 79.9.